The van der Waals surface area contributed by atoms with Gasteiger partial charge in [0.05, 0.1) is 5.69 Å². The predicted molar refractivity (Wildman–Crippen MR) is 63.7 cm³/mol. The van der Waals surface area contributed by atoms with Crippen LogP contribution < -0.4 is 10.2 Å². The molecule has 1 atom stereocenters. The van der Waals surface area contributed by atoms with E-state index in [9.17, 15) is 8.78 Å². The molecule has 1 aliphatic heterocycles. The summed E-state index contributed by atoms with van der Waals surface area (Å²) in [6.07, 6.45) is 0. The van der Waals surface area contributed by atoms with Crippen molar-refractivity contribution in [3.8, 4) is 0 Å². The number of nitrogens with zero attached hydrogens (tertiary/aromatic N) is 1. The fraction of sp³-hybridized carbons (Fsp3) is 0.455. The summed E-state index contributed by atoms with van der Waals surface area (Å²) in [6.45, 7) is 4.30. The quantitative estimate of drug-likeness (QED) is 0.855. The third-order valence-electron chi connectivity index (χ3n) is 2.67. The Morgan fingerprint density at radius 3 is 2.81 bits per heavy atom. The van der Waals surface area contributed by atoms with Crippen molar-refractivity contribution >= 4 is 21.6 Å². The van der Waals surface area contributed by atoms with E-state index >= 15 is 0 Å². The van der Waals surface area contributed by atoms with Gasteiger partial charge in [-0.2, -0.15) is 0 Å². The molecule has 1 fully saturated rings. The van der Waals surface area contributed by atoms with Crippen LogP contribution in [-0.4, -0.2) is 25.7 Å². The van der Waals surface area contributed by atoms with Crippen LogP contribution in [0.2, 0.25) is 0 Å². The molecule has 1 N–H and O–H groups in total. The molecule has 0 saturated carbocycles. The summed E-state index contributed by atoms with van der Waals surface area (Å²) in [4.78, 5) is 1.93. The average Bonchev–Trinajstić information content (AvgIpc) is 2.15. The summed E-state index contributed by atoms with van der Waals surface area (Å²) >= 11 is 3.21. The van der Waals surface area contributed by atoms with E-state index in [-0.39, 0.29) is 0 Å². The number of benzene rings is 1. The number of hydrogen-bond acceptors (Lipinski definition) is 2. The number of hydrogen-bond donors (Lipinski definition) is 1. The lowest BCUT2D eigenvalue weighted by Crippen LogP contribution is -2.49. The van der Waals surface area contributed by atoms with Gasteiger partial charge in [-0.05, 0) is 28.9 Å². The largest absolute Gasteiger partial charge is 0.365 e. The highest BCUT2D eigenvalue weighted by Crippen LogP contribution is 2.31. The second kappa shape index (κ2) is 4.67. The maximum Gasteiger partial charge on any atom is 0.150 e. The topological polar surface area (TPSA) is 15.3 Å². The normalized spacial score (nSPS) is 21.2. The lowest BCUT2D eigenvalue weighted by Gasteiger charge is -2.34. The van der Waals surface area contributed by atoms with E-state index in [1.807, 2.05) is 11.8 Å². The summed E-state index contributed by atoms with van der Waals surface area (Å²) < 4.78 is 27.1. The molecule has 0 radical (unpaired) electrons. The van der Waals surface area contributed by atoms with E-state index < -0.39 is 11.6 Å². The SMILES string of the molecule is CC1CN(c2c(F)cc(F)cc2Br)CCN1. The molecule has 2 nitrogen and oxygen atoms in total. The Hall–Kier alpha value is -0.680. The molecule has 1 aliphatic rings. The van der Waals surface area contributed by atoms with Gasteiger partial charge in [0, 0.05) is 36.2 Å². The molecule has 1 saturated heterocycles. The van der Waals surface area contributed by atoms with Gasteiger partial charge < -0.3 is 10.2 Å². The lowest BCUT2D eigenvalue weighted by molar-refractivity contribution is 0.477. The van der Waals surface area contributed by atoms with E-state index in [1.54, 1.807) is 0 Å². The summed E-state index contributed by atoms with van der Waals surface area (Å²) in [5.74, 6) is -1.07. The second-order valence-electron chi connectivity index (χ2n) is 4.02. The minimum Gasteiger partial charge on any atom is -0.365 e. The third kappa shape index (κ3) is 2.35. The molecule has 1 unspecified atom stereocenters. The van der Waals surface area contributed by atoms with Gasteiger partial charge in [0.25, 0.3) is 0 Å². The highest BCUT2D eigenvalue weighted by Gasteiger charge is 2.21. The zero-order chi connectivity index (χ0) is 11.7. The van der Waals surface area contributed by atoms with Crippen molar-refractivity contribution < 1.29 is 8.78 Å². The van der Waals surface area contributed by atoms with Crippen molar-refractivity contribution in [3.05, 3.63) is 28.2 Å². The molecule has 1 aromatic rings. The molecule has 16 heavy (non-hydrogen) atoms. The van der Waals surface area contributed by atoms with Crippen LogP contribution in [0, 0.1) is 11.6 Å². The second-order valence-corrected chi connectivity index (χ2v) is 4.87. The Bertz CT molecular complexity index is 375. The van der Waals surface area contributed by atoms with E-state index in [1.165, 1.54) is 6.07 Å². The third-order valence-corrected chi connectivity index (χ3v) is 3.27. The molecule has 88 valence electrons. The highest BCUT2D eigenvalue weighted by molar-refractivity contribution is 9.10. The maximum absolute atomic E-state index is 13.7. The molecule has 0 aliphatic carbocycles. The first-order chi connectivity index (χ1) is 7.58. The van der Waals surface area contributed by atoms with Gasteiger partial charge in [-0.1, -0.05) is 0 Å². The van der Waals surface area contributed by atoms with Crippen LogP contribution in [-0.2, 0) is 0 Å². The van der Waals surface area contributed by atoms with Crippen LogP contribution in [0.1, 0.15) is 6.92 Å². The number of anilines is 1. The summed E-state index contributed by atoms with van der Waals surface area (Å²) in [5.41, 5.74) is 0.453. The molecule has 2 rings (SSSR count). The molecule has 1 heterocycles. The Balaban J connectivity index is 2.32. The lowest BCUT2D eigenvalue weighted by atomic mass is 10.2. The van der Waals surface area contributed by atoms with Crippen LogP contribution in [0.5, 0.6) is 0 Å². The van der Waals surface area contributed by atoms with Crippen molar-refractivity contribution in [2.24, 2.45) is 0 Å². The van der Waals surface area contributed by atoms with E-state index in [0.29, 0.717) is 16.2 Å². The zero-order valence-corrected chi connectivity index (χ0v) is 10.5. The number of rotatable bonds is 1. The summed E-state index contributed by atoms with van der Waals surface area (Å²) in [7, 11) is 0. The van der Waals surface area contributed by atoms with Gasteiger partial charge in [-0.25, -0.2) is 8.78 Å². The van der Waals surface area contributed by atoms with Crippen LogP contribution in [0.15, 0.2) is 16.6 Å². The average molecular weight is 291 g/mol. The van der Waals surface area contributed by atoms with Crippen molar-refractivity contribution in [2.45, 2.75) is 13.0 Å². The van der Waals surface area contributed by atoms with Gasteiger partial charge in [-0.3, -0.25) is 0 Å². The molecule has 0 bridgehead atoms. The Kier molecular flexibility index (Phi) is 3.44. The van der Waals surface area contributed by atoms with Crippen molar-refractivity contribution in [1.29, 1.82) is 0 Å². The minimum atomic E-state index is -0.559. The molecule has 5 heteroatoms. The molecule has 0 amide bonds. The number of nitrogens with one attached hydrogen (secondary N) is 1. The van der Waals surface area contributed by atoms with Gasteiger partial charge in [0.15, 0.2) is 5.82 Å². The number of piperazine rings is 1. The number of halogens is 3. The monoisotopic (exact) mass is 290 g/mol. The maximum atomic E-state index is 13.7. The molecule has 1 aromatic carbocycles. The van der Waals surface area contributed by atoms with Crippen LogP contribution in [0.4, 0.5) is 14.5 Å². The van der Waals surface area contributed by atoms with Gasteiger partial charge in [0.1, 0.15) is 5.82 Å². The van der Waals surface area contributed by atoms with Crippen molar-refractivity contribution in [3.63, 3.8) is 0 Å². The summed E-state index contributed by atoms with van der Waals surface area (Å²) in [5, 5.41) is 3.28. The van der Waals surface area contributed by atoms with Crippen molar-refractivity contribution in [1.82, 2.24) is 5.32 Å². The molecular weight excluding hydrogens is 278 g/mol. The smallest absolute Gasteiger partial charge is 0.150 e. The first-order valence-electron chi connectivity index (χ1n) is 5.21. The first kappa shape index (κ1) is 11.8. The minimum absolute atomic E-state index is 0.310. The van der Waals surface area contributed by atoms with Gasteiger partial charge in [-0.15, -0.1) is 0 Å². The van der Waals surface area contributed by atoms with Crippen LogP contribution in [0.25, 0.3) is 0 Å². The molecular formula is C11H13BrF2N2. The summed E-state index contributed by atoms with van der Waals surface area (Å²) in [6, 6.07) is 2.53. The standard InChI is InChI=1S/C11H13BrF2N2/c1-7-6-16(3-2-15-7)11-9(12)4-8(13)5-10(11)14/h4-5,7,15H,2-3,6H2,1H3. The predicted octanol–water partition coefficient (Wildman–Crippen LogP) is 2.53. The zero-order valence-electron chi connectivity index (χ0n) is 8.93. The van der Waals surface area contributed by atoms with Crippen LogP contribution >= 0.6 is 15.9 Å². The Morgan fingerprint density at radius 1 is 1.44 bits per heavy atom. The molecule has 0 aromatic heterocycles. The first-order valence-corrected chi connectivity index (χ1v) is 6.00. The van der Waals surface area contributed by atoms with Gasteiger partial charge in [0.2, 0.25) is 0 Å². The Morgan fingerprint density at radius 2 is 2.19 bits per heavy atom. The van der Waals surface area contributed by atoms with Crippen LogP contribution in [0.3, 0.4) is 0 Å². The fourth-order valence-corrected chi connectivity index (χ4v) is 2.63. The van der Waals surface area contributed by atoms with E-state index in [4.69, 9.17) is 0 Å². The molecule has 0 spiro atoms. The van der Waals surface area contributed by atoms with E-state index in [2.05, 4.69) is 21.2 Å². The Labute approximate surface area is 102 Å². The highest BCUT2D eigenvalue weighted by atomic mass is 79.9. The fourth-order valence-electron chi connectivity index (χ4n) is 1.97. The van der Waals surface area contributed by atoms with Gasteiger partial charge >= 0.3 is 0 Å². The van der Waals surface area contributed by atoms with Crippen molar-refractivity contribution in [2.75, 3.05) is 24.5 Å². The van der Waals surface area contributed by atoms with E-state index in [0.717, 1.165) is 25.7 Å².